The fourth-order valence-corrected chi connectivity index (χ4v) is 4.49. The van der Waals surface area contributed by atoms with E-state index in [1.807, 2.05) is 0 Å². The van der Waals surface area contributed by atoms with E-state index in [4.69, 9.17) is 5.73 Å². The molecule has 26 heavy (non-hydrogen) atoms. The third-order valence-electron chi connectivity index (χ3n) is 2.95. The zero-order valence-corrected chi connectivity index (χ0v) is 14.5. The van der Waals surface area contributed by atoms with Gasteiger partial charge in [-0.15, -0.1) is 22.7 Å². The molecule has 0 saturated heterocycles. The maximum atomic E-state index is 13.7. The number of hydrogen-bond donors (Lipinski definition) is 2. The Balaban J connectivity index is 2.00. The van der Waals surface area contributed by atoms with E-state index in [1.54, 1.807) is 4.72 Å². The molecule has 0 fully saturated rings. The van der Waals surface area contributed by atoms with Crippen molar-refractivity contribution < 1.29 is 30.4 Å². The average molecular weight is 428 g/mol. The van der Waals surface area contributed by atoms with Crippen LogP contribution in [0.5, 0.6) is 0 Å². The van der Waals surface area contributed by atoms with Crippen LogP contribution in [0.1, 0.15) is 0 Å². The lowest BCUT2D eigenvalue weighted by Crippen LogP contribution is -2.19. The molecule has 2 heterocycles. The van der Waals surface area contributed by atoms with Crippen molar-refractivity contribution in [1.29, 1.82) is 0 Å². The number of nitrogens with one attached hydrogen (secondary N) is 1. The Kier molecular flexibility index (Phi) is 4.58. The fraction of sp³-hybridized carbons (Fsp3) is 0. The van der Waals surface area contributed by atoms with Crippen molar-refractivity contribution >= 4 is 43.0 Å². The molecular formula is C12H5F5N4O2S3. The summed E-state index contributed by atoms with van der Waals surface area (Å²) in [5, 5.41) is 2.77. The number of anilines is 2. The molecule has 3 aromatic rings. The molecule has 2 aromatic heterocycles. The standard InChI is InChI=1S/C12H5F5N4O2S3/c13-5-6(14)8(16)10(9(17)7(5)15)26(22,23)21-12-20-4(2-25-12)3-1-24-11(18)19-3/h1-2H,(H2,18,19)(H,20,21). The van der Waals surface area contributed by atoms with E-state index in [1.165, 1.54) is 10.8 Å². The highest BCUT2D eigenvalue weighted by Crippen LogP contribution is 2.31. The molecule has 0 aliphatic rings. The second-order valence-electron chi connectivity index (χ2n) is 4.61. The van der Waals surface area contributed by atoms with Gasteiger partial charge >= 0.3 is 0 Å². The number of rotatable bonds is 4. The molecule has 6 nitrogen and oxygen atoms in total. The van der Waals surface area contributed by atoms with Crippen LogP contribution in [-0.4, -0.2) is 18.4 Å². The summed E-state index contributed by atoms with van der Waals surface area (Å²) in [7, 11) is -5.14. The van der Waals surface area contributed by atoms with Crippen molar-refractivity contribution in [2.45, 2.75) is 4.90 Å². The molecule has 0 spiro atoms. The highest BCUT2D eigenvalue weighted by atomic mass is 32.2. The van der Waals surface area contributed by atoms with E-state index < -0.39 is 44.0 Å². The van der Waals surface area contributed by atoms with Gasteiger partial charge in [0.15, 0.2) is 38.4 Å². The van der Waals surface area contributed by atoms with Crippen LogP contribution in [0, 0.1) is 29.1 Å². The average Bonchev–Trinajstić information content (AvgIpc) is 3.19. The molecule has 1 aromatic carbocycles. The van der Waals surface area contributed by atoms with Crippen LogP contribution in [0.15, 0.2) is 15.7 Å². The molecule has 0 radical (unpaired) electrons. The summed E-state index contributed by atoms with van der Waals surface area (Å²) in [6, 6.07) is 0. The van der Waals surface area contributed by atoms with Crippen LogP contribution in [0.25, 0.3) is 11.4 Å². The third-order valence-corrected chi connectivity index (χ3v) is 5.87. The second kappa shape index (κ2) is 6.44. The van der Waals surface area contributed by atoms with Crippen LogP contribution in [0.4, 0.5) is 32.2 Å². The Hall–Kier alpha value is -2.32. The number of benzene rings is 1. The number of nitrogen functional groups attached to an aromatic ring is 1. The number of thiazole rings is 2. The number of nitrogens with two attached hydrogens (primary N) is 1. The van der Waals surface area contributed by atoms with E-state index in [0.717, 1.165) is 11.3 Å². The van der Waals surface area contributed by atoms with E-state index in [-0.39, 0.29) is 16.0 Å². The van der Waals surface area contributed by atoms with Crippen LogP contribution in [0.2, 0.25) is 0 Å². The summed E-state index contributed by atoms with van der Waals surface area (Å²) in [4.78, 5) is 5.75. The minimum absolute atomic E-state index is 0.207. The van der Waals surface area contributed by atoms with Crippen LogP contribution >= 0.6 is 22.7 Å². The molecule has 0 amide bonds. The normalized spacial score (nSPS) is 11.7. The van der Waals surface area contributed by atoms with E-state index >= 15 is 0 Å². The van der Waals surface area contributed by atoms with Crippen molar-refractivity contribution in [1.82, 2.24) is 9.97 Å². The zero-order valence-electron chi connectivity index (χ0n) is 12.1. The maximum absolute atomic E-state index is 13.7. The quantitative estimate of drug-likeness (QED) is 0.377. The minimum atomic E-state index is -5.14. The number of aromatic nitrogens is 2. The van der Waals surface area contributed by atoms with Gasteiger partial charge in [-0.25, -0.2) is 40.3 Å². The van der Waals surface area contributed by atoms with Gasteiger partial charge in [0.05, 0.1) is 0 Å². The first-order valence-corrected chi connectivity index (χ1v) is 9.57. The minimum Gasteiger partial charge on any atom is -0.375 e. The molecule has 0 saturated carbocycles. The van der Waals surface area contributed by atoms with Gasteiger partial charge in [-0.1, -0.05) is 0 Å². The molecule has 0 unspecified atom stereocenters. The van der Waals surface area contributed by atoms with Gasteiger partial charge in [0, 0.05) is 10.8 Å². The predicted octanol–water partition coefficient (Wildman–Crippen LogP) is 3.35. The summed E-state index contributed by atoms with van der Waals surface area (Å²) in [6.07, 6.45) is 0. The Morgan fingerprint density at radius 2 is 1.35 bits per heavy atom. The number of halogens is 5. The van der Waals surface area contributed by atoms with Crippen LogP contribution in [0.3, 0.4) is 0 Å². The summed E-state index contributed by atoms with van der Waals surface area (Å²) in [5.41, 5.74) is 5.99. The monoisotopic (exact) mass is 428 g/mol. The molecule has 3 rings (SSSR count). The first-order chi connectivity index (χ1) is 12.1. The maximum Gasteiger partial charge on any atom is 0.269 e. The Morgan fingerprint density at radius 3 is 1.88 bits per heavy atom. The van der Waals surface area contributed by atoms with Crippen LogP contribution < -0.4 is 10.5 Å². The highest BCUT2D eigenvalue weighted by Gasteiger charge is 2.34. The topological polar surface area (TPSA) is 98.0 Å². The van der Waals surface area contributed by atoms with Crippen molar-refractivity contribution in [3.63, 3.8) is 0 Å². The van der Waals surface area contributed by atoms with Gasteiger partial charge in [0.1, 0.15) is 11.4 Å². The van der Waals surface area contributed by atoms with Gasteiger partial charge in [0.25, 0.3) is 10.0 Å². The van der Waals surface area contributed by atoms with E-state index in [2.05, 4.69) is 9.97 Å². The van der Waals surface area contributed by atoms with Gasteiger partial charge in [-0.2, -0.15) is 0 Å². The highest BCUT2D eigenvalue weighted by molar-refractivity contribution is 7.93. The summed E-state index contributed by atoms with van der Waals surface area (Å²) in [6.45, 7) is 0. The lowest BCUT2D eigenvalue weighted by atomic mass is 10.3. The third kappa shape index (κ3) is 3.10. The van der Waals surface area contributed by atoms with Crippen molar-refractivity contribution in [2.24, 2.45) is 0 Å². The largest absolute Gasteiger partial charge is 0.375 e. The van der Waals surface area contributed by atoms with Crippen LogP contribution in [-0.2, 0) is 10.0 Å². The molecule has 0 aliphatic heterocycles. The molecule has 138 valence electrons. The summed E-state index contributed by atoms with van der Waals surface area (Å²) >= 11 is 1.82. The summed E-state index contributed by atoms with van der Waals surface area (Å²) in [5.74, 6) is -12.2. The molecular weight excluding hydrogens is 423 g/mol. The van der Waals surface area contributed by atoms with Crippen molar-refractivity contribution in [3.05, 3.63) is 39.8 Å². The Labute approximate surface area is 150 Å². The van der Waals surface area contributed by atoms with E-state index in [0.29, 0.717) is 17.0 Å². The Morgan fingerprint density at radius 1 is 0.846 bits per heavy atom. The predicted molar refractivity (Wildman–Crippen MR) is 84.7 cm³/mol. The van der Waals surface area contributed by atoms with Gasteiger partial charge in [-0.05, 0) is 0 Å². The number of nitrogens with zero attached hydrogens (tertiary/aromatic N) is 2. The fourth-order valence-electron chi connectivity index (χ4n) is 1.83. The Bertz CT molecular complexity index is 1080. The van der Waals surface area contributed by atoms with Crippen molar-refractivity contribution in [2.75, 3.05) is 10.5 Å². The molecule has 3 N–H and O–H groups in total. The summed E-state index contributed by atoms with van der Waals surface area (Å²) < 4.78 is 92.7. The smallest absolute Gasteiger partial charge is 0.269 e. The lowest BCUT2D eigenvalue weighted by Gasteiger charge is -2.09. The second-order valence-corrected chi connectivity index (χ2v) is 7.98. The lowest BCUT2D eigenvalue weighted by molar-refractivity contribution is 0.358. The first kappa shape index (κ1) is 18.5. The van der Waals surface area contributed by atoms with Gasteiger partial charge in [0.2, 0.25) is 5.82 Å². The van der Waals surface area contributed by atoms with Gasteiger partial charge in [-0.3, -0.25) is 4.72 Å². The number of sulfonamides is 1. The van der Waals surface area contributed by atoms with Crippen molar-refractivity contribution in [3.8, 4) is 11.4 Å². The first-order valence-electron chi connectivity index (χ1n) is 6.33. The molecule has 0 bridgehead atoms. The van der Waals surface area contributed by atoms with Gasteiger partial charge < -0.3 is 5.73 Å². The van der Waals surface area contributed by atoms with E-state index in [9.17, 15) is 30.4 Å². The zero-order chi connectivity index (χ0) is 19.2. The molecule has 0 atom stereocenters. The molecule has 0 aliphatic carbocycles. The number of hydrogen-bond acceptors (Lipinski definition) is 7. The molecule has 14 heteroatoms. The SMILES string of the molecule is Nc1nc(-c2csc(NS(=O)(=O)c3c(F)c(F)c(F)c(F)c3F)n2)cs1.